The molecule has 10 aromatic rings. The van der Waals surface area contributed by atoms with Crippen molar-refractivity contribution in [1.82, 2.24) is 4.98 Å². The minimum absolute atomic E-state index is 0.572. The number of thiophene rings is 1. The van der Waals surface area contributed by atoms with Crippen molar-refractivity contribution in [3.05, 3.63) is 158 Å². The second-order valence-corrected chi connectivity index (χ2v) is 13.0. The third kappa shape index (κ3) is 4.25. The molecule has 4 nitrogen and oxygen atoms in total. The average molecular weight is 635 g/mol. The Morgan fingerprint density at radius 2 is 1.10 bits per heavy atom. The lowest BCUT2D eigenvalue weighted by Gasteiger charge is -2.26. The van der Waals surface area contributed by atoms with E-state index in [2.05, 4.69) is 114 Å². The maximum atomic E-state index is 6.74. The molecule has 0 saturated carbocycles. The van der Waals surface area contributed by atoms with E-state index in [4.69, 9.17) is 13.8 Å². The summed E-state index contributed by atoms with van der Waals surface area (Å²) in [5, 5.41) is 4.50. The van der Waals surface area contributed by atoms with Gasteiger partial charge in [0.25, 0.3) is 0 Å². The fourth-order valence-electron chi connectivity index (χ4n) is 6.83. The highest BCUT2D eigenvalue weighted by Gasteiger charge is 2.27. The molecule has 0 unspecified atom stereocenters. The molecule has 3 aromatic heterocycles. The number of hydrogen-bond donors (Lipinski definition) is 0. The predicted octanol–water partition coefficient (Wildman–Crippen LogP) is 12.9. The molecule has 0 aliphatic heterocycles. The summed E-state index contributed by atoms with van der Waals surface area (Å²) in [5.41, 5.74) is 9.07. The zero-order chi connectivity index (χ0) is 31.6. The van der Waals surface area contributed by atoms with E-state index in [-0.39, 0.29) is 0 Å². The third-order valence-electron chi connectivity index (χ3n) is 9.09. The van der Waals surface area contributed by atoms with Crippen molar-refractivity contribution in [2.45, 2.75) is 0 Å². The Labute approximate surface area is 279 Å². The molecule has 10 rings (SSSR count). The van der Waals surface area contributed by atoms with Gasteiger partial charge in [0.1, 0.15) is 16.8 Å². The van der Waals surface area contributed by atoms with Crippen LogP contribution in [0.2, 0.25) is 0 Å². The van der Waals surface area contributed by atoms with Gasteiger partial charge in [-0.05, 0) is 71.8 Å². The maximum absolute atomic E-state index is 6.74. The van der Waals surface area contributed by atoms with Crippen LogP contribution in [-0.4, -0.2) is 4.98 Å². The number of furan rings is 1. The first kappa shape index (κ1) is 27.0. The van der Waals surface area contributed by atoms with Gasteiger partial charge in [-0.2, -0.15) is 0 Å². The molecule has 0 aliphatic rings. The first-order chi connectivity index (χ1) is 23.8. The van der Waals surface area contributed by atoms with Crippen LogP contribution in [0, 0.1) is 0 Å². The Morgan fingerprint density at radius 1 is 0.458 bits per heavy atom. The summed E-state index contributed by atoms with van der Waals surface area (Å²) >= 11 is 1.82. The van der Waals surface area contributed by atoms with Crippen LogP contribution in [0.4, 0.5) is 17.1 Å². The Balaban J connectivity index is 1.29. The average Bonchev–Trinajstić information content (AvgIpc) is 3.86. The zero-order valence-electron chi connectivity index (χ0n) is 25.6. The Bertz CT molecular complexity index is 2780. The quantitative estimate of drug-likeness (QED) is 0.189. The fraction of sp³-hybridized carbons (Fsp3) is 0. The van der Waals surface area contributed by atoms with Gasteiger partial charge in [0.15, 0.2) is 11.2 Å². The minimum Gasteiger partial charge on any atom is -0.454 e. The number of nitrogens with zero attached hydrogens (tertiary/aromatic N) is 2. The van der Waals surface area contributed by atoms with Gasteiger partial charge in [0.2, 0.25) is 5.89 Å². The van der Waals surface area contributed by atoms with E-state index in [1.165, 1.54) is 25.7 Å². The summed E-state index contributed by atoms with van der Waals surface area (Å²) in [6.45, 7) is 0. The lowest BCUT2D eigenvalue weighted by Crippen LogP contribution is -2.10. The maximum Gasteiger partial charge on any atom is 0.227 e. The third-order valence-corrected chi connectivity index (χ3v) is 10.2. The molecule has 0 fully saturated rings. The zero-order valence-corrected chi connectivity index (χ0v) is 26.4. The lowest BCUT2D eigenvalue weighted by molar-refractivity contribution is 0.618. The van der Waals surface area contributed by atoms with Crippen LogP contribution in [0.1, 0.15) is 0 Å². The Hall–Kier alpha value is -6.17. The highest BCUT2D eigenvalue weighted by molar-refractivity contribution is 7.25. The molecule has 226 valence electrons. The molecule has 5 heteroatoms. The Morgan fingerprint density at radius 3 is 1.92 bits per heavy atom. The number of benzene rings is 7. The van der Waals surface area contributed by atoms with Crippen molar-refractivity contribution in [2.24, 2.45) is 0 Å². The number of aromatic nitrogens is 1. The highest BCUT2D eigenvalue weighted by Crippen LogP contribution is 2.48. The first-order valence-corrected chi connectivity index (χ1v) is 16.8. The lowest BCUT2D eigenvalue weighted by atomic mass is 10.0. The second-order valence-electron chi connectivity index (χ2n) is 12.0. The van der Waals surface area contributed by atoms with E-state index in [9.17, 15) is 0 Å². The molecule has 0 atom stereocenters. The molecular weight excluding hydrogens is 609 g/mol. The van der Waals surface area contributed by atoms with Crippen LogP contribution in [0.5, 0.6) is 0 Å². The Kier molecular flexibility index (Phi) is 6.01. The summed E-state index contributed by atoms with van der Waals surface area (Å²) in [7, 11) is 0. The van der Waals surface area contributed by atoms with Crippen molar-refractivity contribution in [3.63, 3.8) is 0 Å². The van der Waals surface area contributed by atoms with Gasteiger partial charge in [0.05, 0.1) is 0 Å². The van der Waals surface area contributed by atoms with E-state index in [1.807, 2.05) is 59.9 Å². The molecule has 0 radical (unpaired) electrons. The first-order valence-electron chi connectivity index (χ1n) is 16.0. The van der Waals surface area contributed by atoms with E-state index < -0.39 is 0 Å². The summed E-state index contributed by atoms with van der Waals surface area (Å²) in [6, 6.07) is 54.9. The predicted molar refractivity (Wildman–Crippen MR) is 200 cm³/mol. The van der Waals surface area contributed by atoms with Crippen LogP contribution in [0.3, 0.4) is 0 Å². The van der Waals surface area contributed by atoms with Gasteiger partial charge in [-0.15, -0.1) is 11.3 Å². The van der Waals surface area contributed by atoms with E-state index >= 15 is 0 Å². The van der Waals surface area contributed by atoms with Gasteiger partial charge < -0.3 is 13.7 Å². The molecule has 0 N–H and O–H groups in total. The molecule has 3 heterocycles. The van der Waals surface area contributed by atoms with Crippen molar-refractivity contribution in [3.8, 4) is 22.6 Å². The monoisotopic (exact) mass is 634 g/mol. The molecule has 0 aliphatic carbocycles. The molecule has 7 aromatic carbocycles. The van der Waals surface area contributed by atoms with Gasteiger partial charge in [-0.25, -0.2) is 4.98 Å². The second kappa shape index (κ2) is 10.7. The van der Waals surface area contributed by atoms with Crippen LogP contribution >= 0.6 is 11.3 Å². The van der Waals surface area contributed by atoms with Gasteiger partial charge in [-0.3, -0.25) is 0 Å². The fourth-order valence-corrected chi connectivity index (χ4v) is 7.91. The van der Waals surface area contributed by atoms with Crippen LogP contribution in [0.15, 0.2) is 167 Å². The topological polar surface area (TPSA) is 42.4 Å². The van der Waals surface area contributed by atoms with Crippen molar-refractivity contribution < 1.29 is 8.83 Å². The molecule has 0 amide bonds. The van der Waals surface area contributed by atoms with E-state index in [1.54, 1.807) is 0 Å². The number of anilines is 3. The number of oxazole rings is 1. The van der Waals surface area contributed by atoms with E-state index in [0.29, 0.717) is 11.5 Å². The van der Waals surface area contributed by atoms with Crippen LogP contribution < -0.4 is 4.90 Å². The summed E-state index contributed by atoms with van der Waals surface area (Å²) in [5.74, 6) is 0.572. The minimum atomic E-state index is 0.572. The normalized spacial score (nSPS) is 11.8. The number of rotatable bonds is 5. The van der Waals surface area contributed by atoms with Crippen LogP contribution in [-0.2, 0) is 0 Å². The molecular formula is C43H26N2O2S. The van der Waals surface area contributed by atoms with Gasteiger partial charge in [-0.1, -0.05) is 97.1 Å². The molecule has 48 heavy (non-hydrogen) atoms. The summed E-state index contributed by atoms with van der Waals surface area (Å²) < 4.78 is 16.0. The van der Waals surface area contributed by atoms with Crippen molar-refractivity contribution in [1.29, 1.82) is 0 Å². The summed E-state index contributed by atoms with van der Waals surface area (Å²) in [4.78, 5) is 7.32. The van der Waals surface area contributed by atoms with Crippen LogP contribution in [0.25, 0.3) is 75.8 Å². The SMILES string of the molecule is c1ccc(-c2ccc(N(c3ccc4sc5ccccc5c4c3)c3c4oc(-c5ccccc5)nc4cc4c3oc3ccccc34)cc2)cc1. The van der Waals surface area contributed by atoms with Crippen molar-refractivity contribution >= 4 is 81.6 Å². The van der Waals surface area contributed by atoms with E-state index in [0.717, 1.165) is 55.6 Å². The number of para-hydroxylation sites is 1. The highest BCUT2D eigenvalue weighted by atomic mass is 32.1. The van der Waals surface area contributed by atoms with Gasteiger partial charge in [0, 0.05) is 47.9 Å². The summed E-state index contributed by atoms with van der Waals surface area (Å²) in [6.07, 6.45) is 0. The number of hydrogen-bond acceptors (Lipinski definition) is 5. The number of fused-ring (bicyclic) bond motifs is 7. The molecule has 0 bridgehead atoms. The largest absolute Gasteiger partial charge is 0.454 e. The molecule has 0 saturated heterocycles. The van der Waals surface area contributed by atoms with Crippen molar-refractivity contribution in [2.75, 3.05) is 4.90 Å². The smallest absolute Gasteiger partial charge is 0.227 e. The standard InChI is InChI=1S/C43H26N2O2S/c1-3-11-27(12-4-1)28-19-21-30(22-20-28)45(31-23-24-39-34(25-31)33-16-8-10-18-38(33)48-39)40-41-35(32-15-7-9-17-37(32)46-41)26-36-42(40)47-43(44-36)29-13-5-2-6-14-29/h1-26H. The molecule has 0 spiro atoms. The van der Waals surface area contributed by atoms with Gasteiger partial charge >= 0.3 is 0 Å².